The lowest BCUT2D eigenvalue weighted by Gasteiger charge is -2.25. The number of pyridine rings is 1. The topological polar surface area (TPSA) is 108 Å². The highest BCUT2D eigenvalue weighted by Crippen LogP contribution is 2.37. The molecule has 0 saturated carbocycles. The molecule has 2 aliphatic heterocycles. The van der Waals surface area contributed by atoms with Gasteiger partial charge in [0.15, 0.2) is 0 Å². The lowest BCUT2D eigenvalue weighted by molar-refractivity contribution is -0.137. The average molecular weight is 535 g/mol. The van der Waals surface area contributed by atoms with E-state index in [4.69, 9.17) is 19.2 Å². The first-order valence-electron chi connectivity index (χ1n) is 13.9. The molecule has 1 unspecified atom stereocenters. The summed E-state index contributed by atoms with van der Waals surface area (Å²) in [5.41, 5.74) is 5.16. The van der Waals surface area contributed by atoms with E-state index in [1.54, 1.807) is 11.8 Å². The number of ether oxygens (including phenoxy) is 3. The predicted molar refractivity (Wildman–Crippen MR) is 148 cm³/mol. The molecule has 0 bridgehead atoms. The van der Waals surface area contributed by atoms with Gasteiger partial charge >= 0.3 is 5.97 Å². The van der Waals surface area contributed by atoms with Gasteiger partial charge in [0.05, 0.1) is 25.8 Å². The van der Waals surface area contributed by atoms with E-state index in [0.717, 1.165) is 68.2 Å². The SMILES string of the molecule is COc1ccc(C2CCOCC2)cc1C(CC(=O)O)Cc1cc(OCCc2ccc3c(n2)NCCC3)n(C)n1. The Morgan fingerprint density at radius 1 is 1.21 bits per heavy atom. The van der Waals surface area contributed by atoms with Crippen LogP contribution in [0.25, 0.3) is 0 Å². The van der Waals surface area contributed by atoms with Crippen LogP contribution in [0.5, 0.6) is 11.6 Å². The van der Waals surface area contributed by atoms with Crippen LogP contribution in [0.4, 0.5) is 5.82 Å². The Balaban J connectivity index is 1.28. The molecule has 1 fully saturated rings. The molecule has 1 saturated heterocycles. The largest absolute Gasteiger partial charge is 0.496 e. The number of carboxylic acids is 1. The van der Waals surface area contributed by atoms with Crippen LogP contribution in [0, 0.1) is 0 Å². The van der Waals surface area contributed by atoms with Gasteiger partial charge in [-0.25, -0.2) is 9.67 Å². The molecule has 3 aromatic rings. The van der Waals surface area contributed by atoms with Gasteiger partial charge in [-0.2, -0.15) is 5.10 Å². The second kappa shape index (κ2) is 12.5. The second-order valence-electron chi connectivity index (χ2n) is 10.4. The van der Waals surface area contributed by atoms with Crippen molar-refractivity contribution in [1.29, 1.82) is 0 Å². The molecular formula is C30H38N4O5. The molecule has 2 aromatic heterocycles. The van der Waals surface area contributed by atoms with Crippen molar-refractivity contribution in [1.82, 2.24) is 14.8 Å². The fraction of sp³-hybridized carbons (Fsp3) is 0.500. The molecule has 0 amide bonds. The molecule has 208 valence electrons. The highest BCUT2D eigenvalue weighted by Gasteiger charge is 2.25. The van der Waals surface area contributed by atoms with Crippen LogP contribution in [0.1, 0.15) is 65.6 Å². The lowest BCUT2D eigenvalue weighted by atomic mass is 9.85. The van der Waals surface area contributed by atoms with E-state index in [-0.39, 0.29) is 12.3 Å². The number of hydrogen-bond donors (Lipinski definition) is 2. The van der Waals surface area contributed by atoms with Crippen molar-refractivity contribution < 1.29 is 24.1 Å². The summed E-state index contributed by atoms with van der Waals surface area (Å²) in [6, 6.07) is 12.3. The number of fused-ring (bicyclic) bond motifs is 1. The molecular weight excluding hydrogens is 496 g/mol. The van der Waals surface area contributed by atoms with E-state index in [1.165, 1.54) is 11.1 Å². The molecule has 1 atom stereocenters. The first-order chi connectivity index (χ1) is 19.0. The Bertz CT molecular complexity index is 1280. The van der Waals surface area contributed by atoms with Crippen LogP contribution < -0.4 is 14.8 Å². The molecule has 9 heteroatoms. The lowest BCUT2D eigenvalue weighted by Crippen LogP contribution is -2.15. The highest BCUT2D eigenvalue weighted by molar-refractivity contribution is 5.68. The van der Waals surface area contributed by atoms with Crippen LogP contribution in [0.15, 0.2) is 36.4 Å². The summed E-state index contributed by atoms with van der Waals surface area (Å²) in [6.07, 6.45) is 5.28. The molecule has 0 spiro atoms. The third-order valence-electron chi connectivity index (χ3n) is 7.71. The quantitative estimate of drug-likeness (QED) is 0.370. The molecule has 0 radical (unpaired) electrons. The predicted octanol–water partition coefficient (Wildman–Crippen LogP) is 4.50. The van der Waals surface area contributed by atoms with Crippen molar-refractivity contribution in [2.45, 2.75) is 56.8 Å². The third kappa shape index (κ3) is 6.71. The summed E-state index contributed by atoms with van der Waals surface area (Å²) in [5.74, 6) is 1.62. The smallest absolute Gasteiger partial charge is 0.303 e. The van der Waals surface area contributed by atoms with Gasteiger partial charge in [0, 0.05) is 50.9 Å². The Morgan fingerprint density at radius 2 is 2.05 bits per heavy atom. The van der Waals surface area contributed by atoms with E-state index in [1.807, 2.05) is 19.2 Å². The van der Waals surface area contributed by atoms with Gasteiger partial charge in [-0.15, -0.1) is 0 Å². The number of benzene rings is 1. The van der Waals surface area contributed by atoms with Crippen molar-refractivity contribution in [3.8, 4) is 11.6 Å². The number of aryl methyl sites for hydroxylation is 2. The van der Waals surface area contributed by atoms with Crippen molar-refractivity contribution in [3.05, 3.63) is 64.5 Å². The molecule has 5 rings (SSSR count). The van der Waals surface area contributed by atoms with Crippen molar-refractivity contribution >= 4 is 11.8 Å². The minimum atomic E-state index is -0.849. The third-order valence-corrected chi connectivity index (χ3v) is 7.71. The van der Waals surface area contributed by atoms with Crippen molar-refractivity contribution in [3.63, 3.8) is 0 Å². The number of aliphatic carboxylic acids is 1. The number of carbonyl (C=O) groups is 1. The maximum Gasteiger partial charge on any atom is 0.303 e. The number of rotatable bonds is 11. The summed E-state index contributed by atoms with van der Waals surface area (Å²) < 4.78 is 19.0. The van der Waals surface area contributed by atoms with Crippen LogP contribution in [-0.2, 0) is 35.8 Å². The highest BCUT2D eigenvalue weighted by atomic mass is 16.5. The minimum Gasteiger partial charge on any atom is -0.496 e. The maximum atomic E-state index is 11.9. The fourth-order valence-corrected chi connectivity index (χ4v) is 5.62. The van der Waals surface area contributed by atoms with E-state index < -0.39 is 5.97 Å². The number of carboxylic acid groups (broad SMARTS) is 1. The number of methoxy groups -OCH3 is 1. The number of anilines is 1. The summed E-state index contributed by atoms with van der Waals surface area (Å²) in [5, 5.41) is 17.8. The Labute approximate surface area is 229 Å². The summed E-state index contributed by atoms with van der Waals surface area (Å²) >= 11 is 0. The minimum absolute atomic E-state index is 0.0155. The van der Waals surface area contributed by atoms with E-state index in [0.29, 0.717) is 37.0 Å². The number of nitrogens with zero attached hydrogens (tertiary/aromatic N) is 3. The normalized spacial score (nSPS) is 16.3. The number of aromatic nitrogens is 3. The van der Waals surface area contributed by atoms with Gasteiger partial charge in [0.2, 0.25) is 5.88 Å². The Morgan fingerprint density at radius 3 is 2.85 bits per heavy atom. The molecule has 1 aromatic carbocycles. The van der Waals surface area contributed by atoms with Gasteiger partial charge in [-0.1, -0.05) is 18.2 Å². The van der Waals surface area contributed by atoms with Crippen LogP contribution >= 0.6 is 0 Å². The summed E-state index contributed by atoms with van der Waals surface area (Å²) in [6.45, 7) is 2.94. The first kappa shape index (κ1) is 27.0. The first-order valence-corrected chi connectivity index (χ1v) is 13.9. The van der Waals surface area contributed by atoms with E-state index in [9.17, 15) is 9.90 Å². The van der Waals surface area contributed by atoms with Gasteiger partial charge in [-0.3, -0.25) is 4.79 Å². The standard InChI is InChI=1S/C30H38N4O5/c1-34-28(39-15-11-24-7-5-21-4-3-12-31-30(21)32-24)19-25(33-34)16-23(18-29(35)36)26-17-22(6-8-27(26)37-2)20-9-13-38-14-10-20/h5-8,17,19-20,23H,3-4,9-16,18H2,1-2H3,(H,31,32)(H,35,36). The van der Waals surface area contributed by atoms with Crippen LogP contribution in [-0.4, -0.2) is 59.3 Å². The molecule has 0 aliphatic carbocycles. The van der Waals surface area contributed by atoms with Gasteiger partial charge in [-0.05, 0) is 66.8 Å². The zero-order valence-corrected chi connectivity index (χ0v) is 22.8. The summed E-state index contributed by atoms with van der Waals surface area (Å²) in [7, 11) is 3.48. The number of nitrogens with one attached hydrogen (secondary N) is 1. The van der Waals surface area contributed by atoms with E-state index >= 15 is 0 Å². The number of hydrogen-bond acceptors (Lipinski definition) is 7. The molecule has 39 heavy (non-hydrogen) atoms. The fourth-order valence-electron chi connectivity index (χ4n) is 5.62. The van der Waals surface area contributed by atoms with E-state index in [2.05, 4.69) is 34.7 Å². The zero-order chi connectivity index (χ0) is 27.2. The molecule has 2 aliphatic rings. The Kier molecular flexibility index (Phi) is 8.66. The second-order valence-corrected chi connectivity index (χ2v) is 10.4. The summed E-state index contributed by atoms with van der Waals surface area (Å²) in [4.78, 5) is 16.6. The Hall–Kier alpha value is -3.59. The maximum absolute atomic E-state index is 11.9. The van der Waals surface area contributed by atoms with Gasteiger partial charge in [0.1, 0.15) is 11.6 Å². The van der Waals surface area contributed by atoms with Crippen LogP contribution in [0.2, 0.25) is 0 Å². The van der Waals surface area contributed by atoms with Gasteiger partial charge < -0.3 is 24.6 Å². The molecule has 9 nitrogen and oxygen atoms in total. The van der Waals surface area contributed by atoms with Crippen LogP contribution in [0.3, 0.4) is 0 Å². The molecule has 2 N–H and O–H groups in total. The average Bonchev–Trinajstić information content (AvgIpc) is 3.30. The van der Waals surface area contributed by atoms with Gasteiger partial charge in [0.25, 0.3) is 0 Å². The van der Waals surface area contributed by atoms with Crippen molar-refractivity contribution in [2.24, 2.45) is 7.05 Å². The van der Waals surface area contributed by atoms with Crippen molar-refractivity contribution in [2.75, 3.05) is 38.8 Å². The molecule has 4 heterocycles. The monoisotopic (exact) mass is 534 g/mol. The zero-order valence-electron chi connectivity index (χ0n) is 22.8.